The van der Waals surface area contributed by atoms with Gasteiger partial charge in [-0.1, -0.05) is 35.3 Å². The lowest BCUT2D eigenvalue weighted by molar-refractivity contribution is -0.120. The summed E-state index contributed by atoms with van der Waals surface area (Å²) in [6.07, 6.45) is 0. The van der Waals surface area contributed by atoms with Gasteiger partial charge in [0.1, 0.15) is 10.7 Å². The van der Waals surface area contributed by atoms with Gasteiger partial charge in [0, 0.05) is 22.0 Å². The van der Waals surface area contributed by atoms with E-state index in [2.05, 4.69) is 10.6 Å². The summed E-state index contributed by atoms with van der Waals surface area (Å²) in [5.41, 5.74) is 2.46. The minimum Gasteiger partial charge on any atom is -0.462 e. The SMILES string of the molecule is CCOC(=O)c1ccc(NC(=O)c2ccc(C)c(NC3=C(Cl)C(=O)N(c4cccc(Cl)c4)C3=O)c2)cc1. The van der Waals surface area contributed by atoms with Crippen molar-refractivity contribution in [3.63, 3.8) is 0 Å². The number of esters is 1. The maximum Gasteiger partial charge on any atom is 0.338 e. The van der Waals surface area contributed by atoms with E-state index in [9.17, 15) is 19.2 Å². The Labute approximate surface area is 222 Å². The zero-order valence-electron chi connectivity index (χ0n) is 19.8. The number of hydrogen-bond donors (Lipinski definition) is 2. The lowest BCUT2D eigenvalue weighted by Crippen LogP contribution is -2.32. The molecule has 0 spiro atoms. The number of halogens is 2. The quantitative estimate of drug-likeness (QED) is 0.304. The lowest BCUT2D eigenvalue weighted by Gasteiger charge is -2.16. The molecule has 0 aliphatic carbocycles. The number of rotatable bonds is 7. The van der Waals surface area contributed by atoms with E-state index in [1.165, 1.54) is 6.07 Å². The van der Waals surface area contributed by atoms with Crippen LogP contribution in [0, 0.1) is 6.92 Å². The largest absolute Gasteiger partial charge is 0.462 e. The summed E-state index contributed by atoms with van der Waals surface area (Å²) < 4.78 is 4.96. The molecule has 0 radical (unpaired) electrons. The van der Waals surface area contributed by atoms with E-state index in [4.69, 9.17) is 27.9 Å². The number of nitrogens with zero attached hydrogens (tertiary/aromatic N) is 1. The number of carbonyl (C=O) groups excluding carboxylic acids is 4. The first-order chi connectivity index (χ1) is 17.7. The van der Waals surface area contributed by atoms with Crippen molar-refractivity contribution in [3.8, 4) is 0 Å². The number of amides is 3. The smallest absolute Gasteiger partial charge is 0.338 e. The van der Waals surface area contributed by atoms with Gasteiger partial charge < -0.3 is 15.4 Å². The minimum absolute atomic E-state index is 0.109. The van der Waals surface area contributed by atoms with Crippen molar-refractivity contribution < 1.29 is 23.9 Å². The van der Waals surface area contributed by atoms with E-state index in [0.29, 0.717) is 33.1 Å². The second-order valence-electron chi connectivity index (χ2n) is 8.02. The minimum atomic E-state index is -0.686. The van der Waals surface area contributed by atoms with E-state index < -0.39 is 23.7 Å². The van der Waals surface area contributed by atoms with Gasteiger partial charge in [-0.2, -0.15) is 0 Å². The Morgan fingerprint density at radius 3 is 2.30 bits per heavy atom. The van der Waals surface area contributed by atoms with E-state index in [0.717, 1.165) is 4.90 Å². The fourth-order valence-corrected chi connectivity index (χ4v) is 4.00. The third kappa shape index (κ3) is 5.50. The average Bonchev–Trinajstić information content (AvgIpc) is 3.08. The summed E-state index contributed by atoms with van der Waals surface area (Å²) in [6, 6.07) is 17.5. The van der Waals surface area contributed by atoms with Crippen LogP contribution in [0.15, 0.2) is 77.5 Å². The van der Waals surface area contributed by atoms with Gasteiger partial charge in [0.25, 0.3) is 17.7 Å². The number of ether oxygens (including phenoxy) is 1. The van der Waals surface area contributed by atoms with Crippen LogP contribution < -0.4 is 15.5 Å². The summed E-state index contributed by atoms with van der Waals surface area (Å²) in [5.74, 6) is -2.19. The van der Waals surface area contributed by atoms with Gasteiger partial charge >= 0.3 is 5.97 Å². The molecule has 1 aliphatic heterocycles. The highest BCUT2D eigenvalue weighted by molar-refractivity contribution is 6.53. The highest BCUT2D eigenvalue weighted by Gasteiger charge is 2.39. The standard InChI is InChI=1S/C27H21Cl2N3O5/c1-3-37-27(36)16-9-11-19(12-10-16)30-24(33)17-8-7-15(2)21(13-17)31-23-22(29)25(34)32(26(23)35)20-6-4-5-18(28)14-20/h4-14,31H,3H2,1-2H3,(H,30,33). The van der Waals surface area contributed by atoms with Crippen LogP contribution in [0.4, 0.5) is 17.1 Å². The molecule has 3 aromatic carbocycles. The topological polar surface area (TPSA) is 105 Å². The molecule has 0 saturated carbocycles. The van der Waals surface area contributed by atoms with Crippen LogP contribution in [0.2, 0.25) is 5.02 Å². The Hall–Kier alpha value is -4.14. The molecular weight excluding hydrogens is 517 g/mol. The van der Waals surface area contributed by atoms with Crippen molar-refractivity contribution >= 4 is 64.0 Å². The van der Waals surface area contributed by atoms with Crippen LogP contribution in [0.1, 0.15) is 33.2 Å². The Morgan fingerprint density at radius 2 is 1.62 bits per heavy atom. The van der Waals surface area contributed by atoms with Crippen LogP contribution in [0.5, 0.6) is 0 Å². The molecule has 3 aromatic rings. The molecule has 37 heavy (non-hydrogen) atoms. The third-order valence-corrected chi connectivity index (χ3v) is 6.09. The van der Waals surface area contributed by atoms with Crippen LogP contribution in [-0.4, -0.2) is 30.3 Å². The molecule has 0 bridgehead atoms. The van der Waals surface area contributed by atoms with Crippen LogP contribution in [-0.2, 0) is 14.3 Å². The summed E-state index contributed by atoms with van der Waals surface area (Å²) in [7, 11) is 0. The lowest BCUT2D eigenvalue weighted by atomic mass is 10.1. The van der Waals surface area contributed by atoms with E-state index in [1.807, 2.05) is 0 Å². The van der Waals surface area contributed by atoms with Crippen molar-refractivity contribution in [3.05, 3.63) is 99.2 Å². The number of carbonyl (C=O) groups is 4. The Balaban J connectivity index is 1.52. The zero-order valence-corrected chi connectivity index (χ0v) is 21.3. The van der Waals surface area contributed by atoms with Gasteiger partial charge in [-0.05, 0) is 74.0 Å². The number of anilines is 3. The molecule has 0 unspecified atom stereocenters. The first-order valence-electron chi connectivity index (χ1n) is 11.2. The number of nitrogens with one attached hydrogen (secondary N) is 2. The molecule has 0 saturated heterocycles. The van der Waals surface area contributed by atoms with E-state index >= 15 is 0 Å². The molecular formula is C27H21Cl2N3O5. The third-order valence-electron chi connectivity index (χ3n) is 5.51. The Morgan fingerprint density at radius 1 is 0.919 bits per heavy atom. The molecule has 0 atom stereocenters. The predicted molar refractivity (Wildman–Crippen MR) is 142 cm³/mol. The monoisotopic (exact) mass is 537 g/mol. The van der Waals surface area contributed by atoms with Crippen LogP contribution >= 0.6 is 23.2 Å². The van der Waals surface area contributed by atoms with Gasteiger partial charge in [0.15, 0.2) is 0 Å². The molecule has 10 heteroatoms. The van der Waals surface area contributed by atoms with E-state index in [-0.39, 0.29) is 23.0 Å². The van der Waals surface area contributed by atoms with Crippen molar-refractivity contribution in [2.45, 2.75) is 13.8 Å². The van der Waals surface area contributed by atoms with Crippen molar-refractivity contribution in [2.24, 2.45) is 0 Å². The number of hydrogen-bond acceptors (Lipinski definition) is 6. The highest BCUT2D eigenvalue weighted by Crippen LogP contribution is 2.32. The molecule has 0 aromatic heterocycles. The number of benzene rings is 3. The summed E-state index contributed by atoms with van der Waals surface area (Å²) in [5, 5.41) is 5.76. The maximum atomic E-state index is 13.1. The Bertz CT molecular complexity index is 1450. The maximum absolute atomic E-state index is 13.1. The van der Waals surface area contributed by atoms with Gasteiger partial charge in [-0.15, -0.1) is 0 Å². The number of aryl methyl sites for hydroxylation is 1. The summed E-state index contributed by atoms with van der Waals surface area (Å²) in [6.45, 7) is 3.77. The van der Waals surface area contributed by atoms with Crippen LogP contribution in [0.3, 0.4) is 0 Å². The van der Waals surface area contributed by atoms with Crippen molar-refractivity contribution in [2.75, 3.05) is 22.1 Å². The molecule has 8 nitrogen and oxygen atoms in total. The van der Waals surface area contributed by atoms with Gasteiger partial charge in [0.05, 0.1) is 17.9 Å². The molecule has 1 heterocycles. The Kier molecular flexibility index (Phi) is 7.61. The van der Waals surface area contributed by atoms with Gasteiger partial charge in [-0.3, -0.25) is 14.4 Å². The second-order valence-corrected chi connectivity index (χ2v) is 8.84. The van der Waals surface area contributed by atoms with Gasteiger partial charge in [0.2, 0.25) is 0 Å². The first-order valence-corrected chi connectivity index (χ1v) is 12.0. The molecule has 2 N–H and O–H groups in total. The molecule has 4 rings (SSSR count). The molecule has 188 valence electrons. The van der Waals surface area contributed by atoms with E-state index in [1.54, 1.807) is 74.5 Å². The number of imide groups is 1. The summed E-state index contributed by atoms with van der Waals surface area (Å²) >= 11 is 12.2. The van der Waals surface area contributed by atoms with Crippen molar-refractivity contribution in [1.82, 2.24) is 0 Å². The highest BCUT2D eigenvalue weighted by atomic mass is 35.5. The molecule has 0 fully saturated rings. The fraction of sp³-hybridized carbons (Fsp3) is 0.111. The first kappa shape index (κ1) is 25.9. The molecule has 3 amide bonds. The van der Waals surface area contributed by atoms with Gasteiger partial charge in [-0.25, -0.2) is 9.69 Å². The molecule has 1 aliphatic rings. The second kappa shape index (κ2) is 10.9. The normalized spacial score (nSPS) is 13.1. The zero-order chi connectivity index (χ0) is 26.7. The fourth-order valence-electron chi connectivity index (χ4n) is 3.60. The average molecular weight is 538 g/mol. The van der Waals surface area contributed by atoms with Crippen molar-refractivity contribution in [1.29, 1.82) is 0 Å². The predicted octanol–water partition coefficient (Wildman–Crippen LogP) is 5.51. The van der Waals surface area contributed by atoms with Crippen LogP contribution in [0.25, 0.3) is 0 Å². The summed E-state index contributed by atoms with van der Waals surface area (Å²) in [4.78, 5) is 51.4.